The predicted molar refractivity (Wildman–Crippen MR) is 65.6 cm³/mol. The van der Waals surface area contributed by atoms with Gasteiger partial charge in [-0.2, -0.15) is 0 Å². The molecule has 0 spiro atoms. The van der Waals surface area contributed by atoms with Crippen molar-refractivity contribution in [3.05, 3.63) is 54.2 Å². The molecule has 0 atom stereocenters. The second-order valence-corrected chi connectivity index (χ2v) is 3.52. The molecule has 0 radical (unpaired) electrons. The molecule has 82 valence electrons. The van der Waals surface area contributed by atoms with E-state index in [1.54, 1.807) is 0 Å². The van der Waals surface area contributed by atoms with Crippen molar-refractivity contribution in [1.82, 2.24) is 15.8 Å². The summed E-state index contributed by atoms with van der Waals surface area (Å²) in [4.78, 5) is 4.31. The zero-order valence-corrected chi connectivity index (χ0v) is 9.27. The van der Waals surface area contributed by atoms with Gasteiger partial charge in [-0.15, -0.1) is 0 Å². The first kappa shape index (κ1) is 10.8. The van der Waals surface area contributed by atoms with E-state index in [0.717, 1.165) is 17.8 Å². The van der Waals surface area contributed by atoms with E-state index in [0.29, 0.717) is 0 Å². The minimum absolute atomic E-state index is 0.818. The van der Waals surface area contributed by atoms with Gasteiger partial charge in [0, 0.05) is 18.3 Å². The maximum Gasteiger partial charge on any atom is 0.0701 e. The van der Waals surface area contributed by atoms with Crippen LogP contribution in [0.15, 0.2) is 48.7 Å². The third kappa shape index (κ3) is 2.66. The lowest BCUT2D eigenvalue weighted by atomic mass is 10.1. The Balaban J connectivity index is 2.13. The van der Waals surface area contributed by atoms with E-state index < -0.39 is 0 Å². The maximum absolute atomic E-state index is 4.31. The van der Waals surface area contributed by atoms with Gasteiger partial charge >= 0.3 is 0 Å². The van der Waals surface area contributed by atoms with Gasteiger partial charge in [0.15, 0.2) is 0 Å². The first-order valence-corrected chi connectivity index (χ1v) is 5.30. The van der Waals surface area contributed by atoms with E-state index in [1.807, 2.05) is 31.4 Å². The molecule has 1 heterocycles. The number of rotatable bonds is 4. The highest BCUT2D eigenvalue weighted by molar-refractivity contribution is 5.58. The molecular formula is C13H15N3. The first-order valence-electron chi connectivity index (χ1n) is 5.30. The van der Waals surface area contributed by atoms with E-state index in [-0.39, 0.29) is 0 Å². The van der Waals surface area contributed by atoms with Crippen molar-refractivity contribution in [2.45, 2.75) is 6.54 Å². The van der Waals surface area contributed by atoms with Crippen LogP contribution in [-0.4, -0.2) is 12.0 Å². The van der Waals surface area contributed by atoms with Gasteiger partial charge in [-0.25, -0.2) is 0 Å². The molecule has 1 aromatic heterocycles. The van der Waals surface area contributed by atoms with E-state index in [4.69, 9.17) is 0 Å². The zero-order chi connectivity index (χ0) is 11.2. The number of nitrogens with zero attached hydrogens (tertiary/aromatic N) is 1. The van der Waals surface area contributed by atoms with E-state index in [9.17, 15) is 0 Å². The summed E-state index contributed by atoms with van der Waals surface area (Å²) in [5.74, 6) is 0. The highest BCUT2D eigenvalue weighted by Crippen LogP contribution is 2.16. The topological polar surface area (TPSA) is 37.0 Å². The van der Waals surface area contributed by atoms with Crippen molar-refractivity contribution < 1.29 is 0 Å². The highest BCUT2D eigenvalue weighted by atomic mass is 15.3. The van der Waals surface area contributed by atoms with Gasteiger partial charge in [0.05, 0.1) is 5.69 Å². The maximum atomic E-state index is 4.31. The summed E-state index contributed by atoms with van der Waals surface area (Å²) in [6.45, 7) is 0.818. The lowest BCUT2D eigenvalue weighted by molar-refractivity contribution is 0.596. The fourth-order valence-corrected chi connectivity index (χ4v) is 1.52. The molecule has 0 bridgehead atoms. The van der Waals surface area contributed by atoms with Crippen LogP contribution in [0.4, 0.5) is 0 Å². The van der Waals surface area contributed by atoms with E-state index in [1.165, 1.54) is 5.56 Å². The molecule has 0 fully saturated rings. The molecule has 0 aliphatic carbocycles. The van der Waals surface area contributed by atoms with Gasteiger partial charge in [0.1, 0.15) is 0 Å². The average molecular weight is 213 g/mol. The van der Waals surface area contributed by atoms with Crippen molar-refractivity contribution >= 4 is 0 Å². The Bertz CT molecular complexity index is 423. The van der Waals surface area contributed by atoms with Crippen LogP contribution in [0.1, 0.15) is 5.56 Å². The zero-order valence-electron chi connectivity index (χ0n) is 9.27. The highest BCUT2D eigenvalue weighted by Gasteiger charge is 1.97. The molecule has 2 aromatic rings. The number of pyridine rings is 1. The van der Waals surface area contributed by atoms with Crippen LogP contribution in [0.25, 0.3) is 11.3 Å². The number of hydrazine groups is 1. The molecule has 3 heteroatoms. The van der Waals surface area contributed by atoms with Crippen molar-refractivity contribution in [2.24, 2.45) is 0 Å². The number of aromatic nitrogens is 1. The number of benzene rings is 1. The summed E-state index contributed by atoms with van der Waals surface area (Å²) < 4.78 is 0. The molecule has 16 heavy (non-hydrogen) atoms. The number of hydrogen-bond donors (Lipinski definition) is 2. The van der Waals surface area contributed by atoms with Crippen LogP contribution in [0.2, 0.25) is 0 Å². The predicted octanol–water partition coefficient (Wildman–Crippen LogP) is 1.97. The van der Waals surface area contributed by atoms with Gasteiger partial charge in [-0.3, -0.25) is 15.8 Å². The number of hydrogen-bond acceptors (Lipinski definition) is 3. The quantitative estimate of drug-likeness (QED) is 0.762. The Labute approximate surface area is 95.5 Å². The molecular weight excluding hydrogens is 198 g/mol. The average Bonchev–Trinajstić information content (AvgIpc) is 2.38. The summed E-state index contributed by atoms with van der Waals surface area (Å²) in [5.41, 5.74) is 9.36. The standard InChI is InChI=1S/C13H15N3/c1-14-16-10-11-5-7-12(8-6-11)13-4-2-3-9-15-13/h2-9,14,16H,10H2,1H3. The van der Waals surface area contributed by atoms with Crippen LogP contribution >= 0.6 is 0 Å². The summed E-state index contributed by atoms with van der Waals surface area (Å²) >= 11 is 0. The van der Waals surface area contributed by atoms with Gasteiger partial charge in [0.2, 0.25) is 0 Å². The smallest absolute Gasteiger partial charge is 0.0701 e. The Hall–Kier alpha value is -1.71. The summed E-state index contributed by atoms with van der Waals surface area (Å²) in [6, 6.07) is 14.3. The lowest BCUT2D eigenvalue weighted by Gasteiger charge is -2.04. The van der Waals surface area contributed by atoms with Crippen LogP contribution in [-0.2, 0) is 6.54 Å². The monoisotopic (exact) mass is 213 g/mol. The Morgan fingerprint density at radius 1 is 1.06 bits per heavy atom. The fourth-order valence-electron chi connectivity index (χ4n) is 1.52. The molecule has 0 unspecified atom stereocenters. The van der Waals surface area contributed by atoms with Gasteiger partial charge < -0.3 is 0 Å². The van der Waals surface area contributed by atoms with Crippen molar-refractivity contribution in [3.8, 4) is 11.3 Å². The van der Waals surface area contributed by atoms with E-state index >= 15 is 0 Å². The third-order valence-electron chi connectivity index (χ3n) is 2.38. The largest absolute Gasteiger partial charge is 0.261 e. The molecule has 3 nitrogen and oxygen atoms in total. The van der Waals surface area contributed by atoms with E-state index in [2.05, 4.69) is 40.1 Å². The second-order valence-electron chi connectivity index (χ2n) is 3.52. The van der Waals surface area contributed by atoms with Crippen LogP contribution < -0.4 is 10.9 Å². The summed E-state index contributed by atoms with van der Waals surface area (Å²) in [5, 5.41) is 0. The van der Waals surface area contributed by atoms with Crippen LogP contribution in [0, 0.1) is 0 Å². The number of nitrogens with one attached hydrogen (secondary N) is 2. The normalized spacial score (nSPS) is 10.3. The van der Waals surface area contributed by atoms with Gasteiger partial charge in [-0.05, 0) is 24.7 Å². The molecule has 0 aliphatic heterocycles. The molecule has 0 aliphatic rings. The minimum atomic E-state index is 0.818. The minimum Gasteiger partial charge on any atom is -0.261 e. The molecule has 0 saturated carbocycles. The van der Waals surface area contributed by atoms with Crippen molar-refractivity contribution in [2.75, 3.05) is 7.05 Å². The molecule has 0 saturated heterocycles. The second kappa shape index (κ2) is 5.39. The van der Waals surface area contributed by atoms with Crippen molar-refractivity contribution in [3.63, 3.8) is 0 Å². The Kier molecular flexibility index (Phi) is 3.64. The summed E-state index contributed by atoms with van der Waals surface area (Å²) in [6.07, 6.45) is 1.81. The van der Waals surface area contributed by atoms with Gasteiger partial charge in [-0.1, -0.05) is 30.3 Å². The summed E-state index contributed by atoms with van der Waals surface area (Å²) in [7, 11) is 1.86. The fraction of sp³-hybridized carbons (Fsp3) is 0.154. The Morgan fingerprint density at radius 2 is 1.88 bits per heavy atom. The van der Waals surface area contributed by atoms with Crippen LogP contribution in [0.3, 0.4) is 0 Å². The third-order valence-corrected chi connectivity index (χ3v) is 2.38. The molecule has 0 amide bonds. The van der Waals surface area contributed by atoms with Crippen molar-refractivity contribution in [1.29, 1.82) is 0 Å². The molecule has 2 rings (SSSR count). The molecule has 2 N–H and O–H groups in total. The van der Waals surface area contributed by atoms with Gasteiger partial charge in [0.25, 0.3) is 0 Å². The Morgan fingerprint density at radius 3 is 2.50 bits per heavy atom. The first-order chi connectivity index (χ1) is 7.90. The molecule has 1 aromatic carbocycles. The SMILES string of the molecule is CNNCc1ccc(-c2ccccn2)cc1. The lowest BCUT2D eigenvalue weighted by Crippen LogP contribution is -2.26. The van der Waals surface area contributed by atoms with Crippen LogP contribution in [0.5, 0.6) is 0 Å².